The van der Waals surface area contributed by atoms with E-state index in [2.05, 4.69) is 17.8 Å². The van der Waals surface area contributed by atoms with Gasteiger partial charge in [-0.25, -0.2) is 0 Å². The summed E-state index contributed by atoms with van der Waals surface area (Å²) in [5.74, 6) is 4.84. The lowest BCUT2D eigenvalue weighted by Crippen LogP contribution is -2.29. The van der Waals surface area contributed by atoms with Crippen LogP contribution < -0.4 is 14.7 Å². The van der Waals surface area contributed by atoms with E-state index >= 15 is 0 Å². The lowest BCUT2D eigenvalue weighted by atomic mass is 10.1. The molecule has 3 aliphatic heterocycles. The SMILES string of the molecule is C#CCN1C(=O)C(=O)c2ccccc21.O=C1C(=O)N(C/C=C/c2ccc(Cl)c(C(F)(F)F)c2)c2ccccc21.O=C1C(=O)N(CC#Cc2ccc(Cl)c(Cl)c2)c2ccccc21. The number of carbonyl (C=O) groups excluding carboxylic acids is 6. The molecule has 3 amide bonds. The Morgan fingerprint density at radius 3 is 1.56 bits per heavy atom. The highest BCUT2D eigenvalue weighted by Crippen LogP contribution is 2.36. The summed E-state index contributed by atoms with van der Waals surface area (Å²) in [7, 11) is 0. The molecular formula is C46H27Cl3F3N3O6. The fraction of sp³-hybridized carbons (Fsp3) is 0.0870. The Kier molecular flexibility index (Phi) is 13.3. The zero-order valence-corrected chi connectivity index (χ0v) is 33.6. The molecule has 0 bridgehead atoms. The predicted molar refractivity (Wildman–Crippen MR) is 227 cm³/mol. The smallest absolute Gasteiger partial charge is 0.301 e. The molecule has 3 aliphatic rings. The quantitative estimate of drug-likeness (QED) is 0.129. The van der Waals surface area contributed by atoms with E-state index in [1.807, 2.05) is 0 Å². The van der Waals surface area contributed by atoms with Crippen molar-refractivity contribution >= 4 is 93.0 Å². The highest BCUT2D eigenvalue weighted by atomic mass is 35.5. The van der Waals surface area contributed by atoms with Crippen molar-refractivity contribution < 1.29 is 41.9 Å². The summed E-state index contributed by atoms with van der Waals surface area (Å²) in [4.78, 5) is 74.5. The number of fused-ring (bicyclic) bond motifs is 3. The zero-order valence-electron chi connectivity index (χ0n) is 31.3. The number of alkyl halides is 3. The summed E-state index contributed by atoms with van der Waals surface area (Å²) < 4.78 is 38.6. The van der Waals surface area contributed by atoms with Crippen molar-refractivity contribution in [1.29, 1.82) is 0 Å². The topological polar surface area (TPSA) is 112 Å². The van der Waals surface area contributed by atoms with Gasteiger partial charge in [-0.05, 0) is 72.3 Å². The summed E-state index contributed by atoms with van der Waals surface area (Å²) in [5, 5.41) is 0.506. The minimum Gasteiger partial charge on any atom is -0.301 e. The number of nitrogens with zero attached hydrogens (tertiary/aromatic N) is 3. The van der Waals surface area contributed by atoms with E-state index in [9.17, 15) is 41.9 Å². The van der Waals surface area contributed by atoms with Crippen LogP contribution in [0.4, 0.5) is 30.2 Å². The van der Waals surface area contributed by atoms with Crippen LogP contribution in [-0.2, 0) is 20.6 Å². The summed E-state index contributed by atoms with van der Waals surface area (Å²) in [6.45, 7) is 0.356. The molecule has 0 atom stereocenters. The van der Waals surface area contributed by atoms with E-state index in [4.69, 9.17) is 41.2 Å². The minimum atomic E-state index is -4.54. The van der Waals surface area contributed by atoms with Gasteiger partial charge in [-0.3, -0.25) is 38.6 Å². The zero-order chi connectivity index (χ0) is 44.0. The third kappa shape index (κ3) is 9.43. The highest BCUT2D eigenvalue weighted by Gasteiger charge is 2.37. The maximum absolute atomic E-state index is 12.9. The Bertz CT molecular complexity index is 2790. The number of carbonyl (C=O) groups is 6. The molecule has 0 spiro atoms. The number of halogens is 6. The molecule has 0 saturated carbocycles. The molecule has 5 aromatic carbocycles. The van der Waals surface area contributed by atoms with Crippen molar-refractivity contribution in [3.8, 4) is 24.2 Å². The van der Waals surface area contributed by atoms with Gasteiger partial charge in [0.1, 0.15) is 0 Å². The fourth-order valence-electron chi connectivity index (χ4n) is 6.28. The van der Waals surface area contributed by atoms with Crippen molar-refractivity contribution in [3.63, 3.8) is 0 Å². The van der Waals surface area contributed by atoms with Crippen LogP contribution in [0, 0.1) is 24.2 Å². The second kappa shape index (κ2) is 18.5. The lowest BCUT2D eigenvalue weighted by Gasteiger charge is -2.13. The first kappa shape index (κ1) is 43.6. The van der Waals surface area contributed by atoms with Gasteiger partial charge in [-0.1, -0.05) is 107 Å². The first-order chi connectivity index (χ1) is 29.1. The third-order valence-corrected chi connectivity index (χ3v) is 10.2. The van der Waals surface area contributed by atoms with Crippen molar-refractivity contribution in [2.24, 2.45) is 0 Å². The molecular weight excluding hydrogens is 854 g/mol. The first-order valence-electron chi connectivity index (χ1n) is 17.9. The van der Waals surface area contributed by atoms with Gasteiger partial charge in [0.15, 0.2) is 0 Å². The monoisotopic (exact) mass is 879 g/mol. The molecule has 304 valence electrons. The van der Waals surface area contributed by atoms with Gasteiger partial charge in [0, 0.05) is 12.1 Å². The Labute approximate surface area is 361 Å². The second-order valence-corrected chi connectivity index (χ2v) is 14.2. The molecule has 9 nitrogen and oxygen atoms in total. The number of Topliss-reactive ketones (excluding diaryl/α,β-unsaturated/α-hetero) is 3. The number of hydrogen-bond acceptors (Lipinski definition) is 6. The van der Waals surface area contributed by atoms with E-state index in [1.165, 1.54) is 39.0 Å². The van der Waals surface area contributed by atoms with Gasteiger partial charge in [-0.2, -0.15) is 13.2 Å². The third-order valence-electron chi connectivity index (χ3n) is 9.17. The van der Waals surface area contributed by atoms with E-state index in [0.717, 1.165) is 6.07 Å². The van der Waals surface area contributed by atoms with Gasteiger partial charge in [-0.15, -0.1) is 6.42 Å². The molecule has 61 heavy (non-hydrogen) atoms. The molecule has 15 heteroatoms. The average Bonchev–Trinajstić information content (AvgIpc) is 3.75. The molecule has 0 saturated heterocycles. The van der Waals surface area contributed by atoms with Gasteiger partial charge < -0.3 is 4.90 Å². The Morgan fingerprint density at radius 2 is 1.05 bits per heavy atom. The Morgan fingerprint density at radius 1 is 0.574 bits per heavy atom. The van der Waals surface area contributed by atoms with E-state index in [0.29, 0.717) is 54.9 Å². The van der Waals surface area contributed by atoms with Crippen LogP contribution in [0.3, 0.4) is 0 Å². The van der Waals surface area contributed by atoms with Gasteiger partial charge in [0.05, 0.1) is 67.5 Å². The maximum atomic E-state index is 12.9. The van der Waals surface area contributed by atoms with E-state index < -0.39 is 46.8 Å². The summed E-state index contributed by atoms with van der Waals surface area (Å²) in [6.07, 6.45) is 3.55. The molecule has 0 aromatic heterocycles. The minimum absolute atomic E-state index is 0.0750. The molecule has 0 unspecified atom stereocenters. The van der Waals surface area contributed by atoms with E-state index in [1.54, 1.807) is 91.0 Å². The van der Waals surface area contributed by atoms with Crippen molar-refractivity contribution in [3.05, 3.63) is 164 Å². The number of anilines is 3. The Balaban J connectivity index is 0.000000159. The summed E-state index contributed by atoms with van der Waals surface area (Å²) in [5.41, 5.74) is 2.96. The molecule has 0 N–H and O–H groups in total. The second-order valence-electron chi connectivity index (χ2n) is 13.0. The molecule has 5 aromatic rings. The first-order valence-corrected chi connectivity index (χ1v) is 19.0. The van der Waals surface area contributed by atoms with Crippen LogP contribution in [0.15, 0.2) is 115 Å². The van der Waals surface area contributed by atoms with Crippen LogP contribution in [0.25, 0.3) is 6.08 Å². The van der Waals surface area contributed by atoms with Crippen LogP contribution in [0.5, 0.6) is 0 Å². The van der Waals surface area contributed by atoms with Gasteiger partial charge in [0.2, 0.25) is 0 Å². The molecule has 8 rings (SSSR count). The van der Waals surface area contributed by atoms with Crippen LogP contribution in [0.2, 0.25) is 15.1 Å². The van der Waals surface area contributed by atoms with Gasteiger partial charge in [0.25, 0.3) is 35.1 Å². The predicted octanol–water partition coefficient (Wildman–Crippen LogP) is 9.03. The number of para-hydroxylation sites is 3. The average molecular weight is 881 g/mol. The van der Waals surface area contributed by atoms with E-state index in [-0.39, 0.29) is 24.7 Å². The number of rotatable bonds is 5. The molecule has 0 radical (unpaired) electrons. The molecule has 0 fully saturated rings. The van der Waals surface area contributed by atoms with Crippen LogP contribution >= 0.6 is 34.8 Å². The number of benzene rings is 5. The number of terminal acetylenes is 1. The highest BCUT2D eigenvalue weighted by molar-refractivity contribution is 6.53. The number of ketones is 3. The summed E-state index contributed by atoms with van der Waals surface area (Å²) >= 11 is 17.3. The molecule has 0 aliphatic carbocycles. The normalized spacial score (nSPS) is 13.8. The molecule has 3 heterocycles. The van der Waals surface area contributed by atoms with Crippen molar-refractivity contribution in [1.82, 2.24) is 0 Å². The van der Waals surface area contributed by atoms with Crippen molar-refractivity contribution in [2.75, 3.05) is 34.3 Å². The lowest BCUT2D eigenvalue weighted by molar-refractivity contribution is -0.137. The maximum Gasteiger partial charge on any atom is 0.417 e. The largest absolute Gasteiger partial charge is 0.417 e. The number of hydrogen-bond donors (Lipinski definition) is 0. The fourth-order valence-corrected chi connectivity index (χ4v) is 6.81. The standard InChI is InChI=1S/C18H11ClF3NO2.C17H9Cl2NO2.C11H7NO2/c19-14-8-7-11(10-13(14)18(20,21)22)4-3-9-23-15-6-2-1-5-12(15)16(24)17(23)25;18-13-8-7-11(10-14(13)19)4-3-9-20-15-6-2-1-5-12(15)16(21)17(20)22;1-2-7-12-9-6-4-3-5-8(9)10(13)11(12)14/h1-8,10H,9H2;1-2,5-8,10H,9H2;1,3-6H,7H2/b4-3+;;. The summed E-state index contributed by atoms with van der Waals surface area (Å²) in [6, 6.07) is 28.9. The van der Waals surface area contributed by atoms with Gasteiger partial charge >= 0.3 is 6.18 Å². The Hall–Kier alpha value is -6.96. The van der Waals surface area contributed by atoms with Crippen LogP contribution in [0.1, 0.15) is 47.8 Å². The van der Waals surface area contributed by atoms with Crippen molar-refractivity contribution in [2.45, 2.75) is 6.18 Å². The van der Waals surface area contributed by atoms with Crippen LogP contribution in [-0.4, -0.2) is 54.7 Å². The number of amides is 3.